The van der Waals surface area contributed by atoms with Gasteiger partial charge in [-0.25, -0.2) is 4.98 Å². The molecule has 2 aromatic carbocycles. The molecular formula is C27H26N6O2. The Bertz CT molecular complexity index is 1550. The van der Waals surface area contributed by atoms with Crippen molar-refractivity contribution in [3.8, 4) is 11.4 Å². The Hall–Kier alpha value is -4.01. The molecule has 1 saturated heterocycles. The number of ether oxygens (including phenoxy) is 1. The molecule has 8 heteroatoms. The molecule has 0 radical (unpaired) electrons. The van der Waals surface area contributed by atoms with Gasteiger partial charge >= 0.3 is 0 Å². The van der Waals surface area contributed by atoms with Crippen LogP contribution in [0.15, 0.2) is 71.7 Å². The van der Waals surface area contributed by atoms with Crippen molar-refractivity contribution in [1.29, 1.82) is 0 Å². The van der Waals surface area contributed by atoms with Gasteiger partial charge in [-0.1, -0.05) is 30.3 Å². The van der Waals surface area contributed by atoms with E-state index in [0.717, 1.165) is 52.0 Å². The summed E-state index contributed by atoms with van der Waals surface area (Å²) in [5, 5.41) is 7.82. The monoisotopic (exact) mass is 466 g/mol. The lowest BCUT2D eigenvalue weighted by atomic mass is 10.1. The van der Waals surface area contributed by atoms with Crippen molar-refractivity contribution in [2.45, 2.75) is 19.1 Å². The second kappa shape index (κ2) is 8.98. The predicted octanol–water partition coefficient (Wildman–Crippen LogP) is 4.30. The lowest BCUT2D eigenvalue weighted by molar-refractivity contribution is 0.0278. The fourth-order valence-electron chi connectivity index (χ4n) is 4.67. The fourth-order valence-corrected chi connectivity index (χ4v) is 4.67. The third kappa shape index (κ3) is 4.07. The average Bonchev–Trinajstić information content (AvgIpc) is 3.32. The van der Waals surface area contributed by atoms with Gasteiger partial charge in [0, 0.05) is 24.7 Å². The SMILES string of the molecule is CC(Nc1c(-c2nc3ccc(C4CNCCO4)cc3[nH]2)c(=O)[nH]c2ccccc12)c1ccccn1. The highest BCUT2D eigenvalue weighted by Gasteiger charge is 2.21. The lowest BCUT2D eigenvalue weighted by Gasteiger charge is -2.23. The average molecular weight is 467 g/mol. The van der Waals surface area contributed by atoms with Crippen molar-refractivity contribution >= 4 is 27.6 Å². The smallest absolute Gasteiger partial charge is 0.261 e. The Morgan fingerprint density at radius 3 is 2.77 bits per heavy atom. The van der Waals surface area contributed by atoms with E-state index in [0.29, 0.717) is 18.0 Å². The Labute approximate surface area is 201 Å². The van der Waals surface area contributed by atoms with Gasteiger partial charge in [0.05, 0.1) is 46.7 Å². The quantitative estimate of drug-likeness (QED) is 0.308. The number of rotatable bonds is 5. The summed E-state index contributed by atoms with van der Waals surface area (Å²) in [4.78, 5) is 29.0. The van der Waals surface area contributed by atoms with Crippen molar-refractivity contribution < 1.29 is 4.74 Å². The summed E-state index contributed by atoms with van der Waals surface area (Å²) in [5.41, 5.74) is 5.37. The molecular weight excluding hydrogens is 440 g/mol. The number of aromatic nitrogens is 4. The first-order valence-corrected chi connectivity index (χ1v) is 11.8. The zero-order chi connectivity index (χ0) is 23.8. The second-order valence-corrected chi connectivity index (χ2v) is 8.80. The van der Waals surface area contributed by atoms with E-state index in [2.05, 4.69) is 31.7 Å². The van der Waals surface area contributed by atoms with Crippen molar-refractivity contribution in [2.75, 3.05) is 25.0 Å². The second-order valence-electron chi connectivity index (χ2n) is 8.80. The molecule has 2 unspecified atom stereocenters. The number of nitrogens with zero attached hydrogens (tertiary/aromatic N) is 2. The third-order valence-corrected chi connectivity index (χ3v) is 6.46. The number of H-pyrrole nitrogens is 2. The Balaban J connectivity index is 1.47. The summed E-state index contributed by atoms with van der Waals surface area (Å²) in [6, 6.07) is 19.5. The number of hydrogen-bond donors (Lipinski definition) is 4. The first kappa shape index (κ1) is 21.5. The minimum absolute atomic E-state index is 0.000390. The van der Waals surface area contributed by atoms with Gasteiger partial charge in [0.2, 0.25) is 0 Å². The molecule has 6 rings (SSSR count). The van der Waals surface area contributed by atoms with E-state index in [1.165, 1.54) is 0 Å². The third-order valence-electron chi connectivity index (χ3n) is 6.46. The van der Waals surface area contributed by atoms with Crippen LogP contribution < -0.4 is 16.2 Å². The van der Waals surface area contributed by atoms with Crippen LogP contribution in [0.4, 0.5) is 5.69 Å². The van der Waals surface area contributed by atoms with Crippen molar-refractivity contribution in [3.05, 3.63) is 88.5 Å². The maximum atomic E-state index is 13.4. The number of pyridine rings is 2. The van der Waals surface area contributed by atoms with E-state index in [9.17, 15) is 4.79 Å². The van der Waals surface area contributed by atoms with E-state index in [1.54, 1.807) is 6.20 Å². The highest BCUT2D eigenvalue weighted by molar-refractivity contribution is 5.99. The molecule has 3 aromatic heterocycles. The molecule has 0 saturated carbocycles. The van der Waals surface area contributed by atoms with Crippen LogP contribution in [-0.4, -0.2) is 39.6 Å². The van der Waals surface area contributed by atoms with Crippen LogP contribution in [0.25, 0.3) is 33.3 Å². The van der Waals surface area contributed by atoms with Gasteiger partial charge in [-0.2, -0.15) is 0 Å². The number of nitrogens with one attached hydrogen (secondary N) is 4. The summed E-state index contributed by atoms with van der Waals surface area (Å²) < 4.78 is 5.91. The summed E-state index contributed by atoms with van der Waals surface area (Å²) >= 11 is 0. The molecule has 0 bridgehead atoms. The van der Waals surface area contributed by atoms with Gasteiger partial charge in [-0.15, -0.1) is 0 Å². The number of aromatic amines is 2. The van der Waals surface area contributed by atoms with Crippen LogP contribution in [0.2, 0.25) is 0 Å². The molecule has 1 fully saturated rings. The van der Waals surface area contributed by atoms with Crippen molar-refractivity contribution in [1.82, 2.24) is 25.3 Å². The van der Waals surface area contributed by atoms with E-state index in [1.807, 2.05) is 61.5 Å². The molecule has 35 heavy (non-hydrogen) atoms. The summed E-state index contributed by atoms with van der Waals surface area (Å²) in [7, 11) is 0. The first-order valence-electron chi connectivity index (χ1n) is 11.8. The van der Waals surface area contributed by atoms with E-state index >= 15 is 0 Å². The molecule has 0 aliphatic carbocycles. The fraction of sp³-hybridized carbons (Fsp3) is 0.222. The van der Waals surface area contributed by atoms with E-state index in [4.69, 9.17) is 9.72 Å². The molecule has 4 heterocycles. The minimum Gasteiger partial charge on any atom is -0.376 e. The molecule has 4 N–H and O–H groups in total. The molecule has 8 nitrogen and oxygen atoms in total. The zero-order valence-electron chi connectivity index (χ0n) is 19.3. The predicted molar refractivity (Wildman–Crippen MR) is 137 cm³/mol. The summed E-state index contributed by atoms with van der Waals surface area (Å²) in [6.45, 7) is 4.36. The van der Waals surface area contributed by atoms with Crippen LogP contribution in [0.1, 0.15) is 30.3 Å². The van der Waals surface area contributed by atoms with Gasteiger partial charge < -0.3 is 25.3 Å². The number of morpholine rings is 1. The summed E-state index contributed by atoms with van der Waals surface area (Å²) in [5.74, 6) is 0.516. The number of para-hydroxylation sites is 1. The van der Waals surface area contributed by atoms with Crippen LogP contribution in [0.3, 0.4) is 0 Å². The first-order chi connectivity index (χ1) is 17.2. The van der Waals surface area contributed by atoms with Gasteiger partial charge in [-0.05, 0) is 42.8 Å². The van der Waals surface area contributed by atoms with Gasteiger partial charge in [0.1, 0.15) is 11.4 Å². The van der Waals surface area contributed by atoms with Crippen LogP contribution in [0.5, 0.6) is 0 Å². The van der Waals surface area contributed by atoms with Crippen molar-refractivity contribution in [2.24, 2.45) is 0 Å². The molecule has 1 aliphatic rings. The molecule has 2 atom stereocenters. The van der Waals surface area contributed by atoms with E-state index < -0.39 is 0 Å². The number of anilines is 1. The van der Waals surface area contributed by atoms with Crippen LogP contribution >= 0.6 is 0 Å². The number of fused-ring (bicyclic) bond motifs is 2. The highest BCUT2D eigenvalue weighted by atomic mass is 16.5. The minimum atomic E-state index is -0.210. The molecule has 0 amide bonds. The van der Waals surface area contributed by atoms with Gasteiger partial charge in [0.25, 0.3) is 5.56 Å². The van der Waals surface area contributed by atoms with E-state index in [-0.39, 0.29) is 17.7 Å². The maximum absolute atomic E-state index is 13.4. The lowest BCUT2D eigenvalue weighted by Crippen LogP contribution is -2.33. The van der Waals surface area contributed by atoms with Gasteiger partial charge in [0.15, 0.2) is 0 Å². The Morgan fingerprint density at radius 1 is 1.06 bits per heavy atom. The number of hydrogen-bond acceptors (Lipinski definition) is 6. The molecule has 1 aliphatic heterocycles. The molecule has 0 spiro atoms. The largest absolute Gasteiger partial charge is 0.376 e. The Kier molecular flexibility index (Phi) is 5.52. The topological polar surface area (TPSA) is 108 Å². The molecule has 176 valence electrons. The Morgan fingerprint density at radius 2 is 1.94 bits per heavy atom. The number of imidazole rings is 1. The van der Waals surface area contributed by atoms with Gasteiger partial charge in [-0.3, -0.25) is 9.78 Å². The molecule has 5 aromatic rings. The standard InChI is InChI=1S/C27H26N6O2/c1-16(19-7-4-5-11-29-19)30-25-18-6-2-3-8-20(18)33-27(34)24(25)26-31-21-10-9-17(14-22(21)32-26)23-15-28-12-13-35-23/h2-11,14,16,23,28H,12-13,15H2,1H3,(H,31,32)(H2,30,33,34). The van der Waals surface area contributed by atoms with Crippen LogP contribution in [0, 0.1) is 0 Å². The highest BCUT2D eigenvalue weighted by Crippen LogP contribution is 2.33. The maximum Gasteiger partial charge on any atom is 0.261 e. The van der Waals surface area contributed by atoms with Crippen LogP contribution in [-0.2, 0) is 4.74 Å². The van der Waals surface area contributed by atoms with Crippen molar-refractivity contribution in [3.63, 3.8) is 0 Å². The number of benzene rings is 2. The normalized spacial score (nSPS) is 17.0. The summed E-state index contributed by atoms with van der Waals surface area (Å²) in [6.07, 6.45) is 1.77. The zero-order valence-corrected chi connectivity index (χ0v) is 19.3.